The molecule has 2 bridgehead atoms. The zero-order chi connectivity index (χ0) is 33.0. The summed E-state index contributed by atoms with van der Waals surface area (Å²) in [4.78, 5) is 15.4. The number of piperidine rings is 2. The Morgan fingerprint density at radius 2 is 2.12 bits per heavy atom. The number of rotatable bonds is 5. The average Bonchev–Trinajstić information content (AvgIpc) is 3.42. The summed E-state index contributed by atoms with van der Waals surface area (Å²) in [5, 5.41) is 13.4. The fourth-order valence-electron chi connectivity index (χ4n) is 6.32. The van der Waals surface area contributed by atoms with Gasteiger partial charge in [-0.2, -0.15) is 23.1 Å². The van der Waals surface area contributed by atoms with Gasteiger partial charge in [-0.25, -0.2) is 8.78 Å². The van der Waals surface area contributed by atoms with Crippen LogP contribution in [0.1, 0.15) is 44.5 Å². The molecule has 3 aromatic rings. The number of halogens is 5. The maximum Gasteiger partial charge on any atom is 0.417 e. The third kappa shape index (κ3) is 4.53. The Labute approximate surface area is 239 Å². The first-order valence-corrected chi connectivity index (χ1v) is 13.3. The smallest absolute Gasteiger partial charge is 0.417 e. The third-order valence-electron chi connectivity index (χ3n) is 8.33. The maximum atomic E-state index is 16.4. The van der Waals surface area contributed by atoms with Crippen molar-refractivity contribution in [3.05, 3.63) is 35.8 Å². The highest BCUT2D eigenvalue weighted by molar-refractivity contribution is 5.92. The van der Waals surface area contributed by atoms with Crippen LogP contribution in [0.4, 0.5) is 27.8 Å². The van der Waals surface area contributed by atoms with Gasteiger partial charge < -0.3 is 20.1 Å². The second kappa shape index (κ2) is 9.62. The number of alkyl halides is 4. The van der Waals surface area contributed by atoms with Gasteiger partial charge in [-0.05, 0) is 50.4 Å². The number of benzene rings is 1. The van der Waals surface area contributed by atoms with E-state index in [4.69, 9.17) is 11.6 Å². The van der Waals surface area contributed by atoms with E-state index in [0.29, 0.717) is 19.2 Å². The SMILES string of the molecule is [2H]C1([2H])CC[C@@]2(C([2H])([2H])Oc3nc(N4CC5CCC4CN5)c4cnc(-c5cc(O)ccc5C(F)(F)F)c(F)c4n3)C[C@@]([2H])(F)CN12. The highest BCUT2D eigenvalue weighted by Crippen LogP contribution is 2.43. The number of nitrogens with one attached hydrogen (secondary N) is 1. The van der Waals surface area contributed by atoms with Crippen molar-refractivity contribution in [3.8, 4) is 23.0 Å². The van der Waals surface area contributed by atoms with Crippen LogP contribution in [0.5, 0.6) is 11.8 Å². The number of pyridine rings is 1. The molecule has 5 aliphatic rings. The molecule has 0 saturated carbocycles. The number of fused-ring (bicyclic) bond motifs is 5. The van der Waals surface area contributed by atoms with Crippen LogP contribution in [-0.2, 0) is 6.18 Å². The summed E-state index contributed by atoms with van der Waals surface area (Å²) in [6.45, 7) is -4.73. The summed E-state index contributed by atoms with van der Waals surface area (Å²) in [5.41, 5.74) is -5.20. The molecule has 0 amide bonds. The minimum Gasteiger partial charge on any atom is -0.508 e. The van der Waals surface area contributed by atoms with Crippen molar-refractivity contribution in [2.24, 2.45) is 0 Å². The lowest BCUT2D eigenvalue weighted by Gasteiger charge is -2.46. The number of piperazine rings is 1. The molecule has 0 radical (unpaired) electrons. The fourth-order valence-corrected chi connectivity index (χ4v) is 6.32. The van der Waals surface area contributed by atoms with Crippen LogP contribution < -0.4 is 15.0 Å². The topological polar surface area (TPSA) is 86.6 Å². The van der Waals surface area contributed by atoms with Crippen LogP contribution in [0.25, 0.3) is 22.2 Å². The number of nitrogens with zero attached hydrogens (tertiary/aromatic N) is 5. The second-order valence-corrected chi connectivity index (χ2v) is 10.9. The molecule has 0 spiro atoms. The molecule has 2 aromatic heterocycles. The largest absolute Gasteiger partial charge is 0.508 e. The number of anilines is 1. The third-order valence-corrected chi connectivity index (χ3v) is 8.33. The molecule has 5 fully saturated rings. The van der Waals surface area contributed by atoms with Gasteiger partial charge in [-0.15, -0.1) is 0 Å². The average molecular weight is 582 g/mol. The van der Waals surface area contributed by atoms with Gasteiger partial charge in [0.15, 0.2) is 5.82 Å². The summed E-state index contributed by atoms with van der Waals surface area (Å²) in [6.07, 6.45) is -5.92. The monoisotopic (exact) mass is 581 g/mol. The van der Waals surface area contributed by atoms with Crippen LogP contribution in [-0.4, -0.2) is 81.4 Å². The molecular weight excluding hydrogens is 547 g/mol. The predicted octanol–water partition coefficient (Wildman–Crippen LogP) is 4.45. The Bertz CT molecular complexity index is 1720. The number of ether oxygens (including phenoxy) is 1. The number of phenolic OH excluding ortho intramolecular Hbond substituents is 1. The van der Waals surface area contributed by atoms with Gasteiger partial charge in [0.25, 0.3) is 0 Å². The summed E-state index contributed by atoms with van der Waals surface area (Å²) in [7, 11) is 0. The van der Waals surface area contributed by atoms with Crippen molar-refractivity contribution in [2.75, 3.05) is 37.6 Å². The summed E-state index contributed by atoms with van der Waals surface area (Å²) >= 11 is 0. The molecule has 1 aromatic carbocycles. The zero-order valence-electron chi connectivity index (χ0n) is 26.6. The van der Waals surface area contributed by atoms with E-state index in [-0.39, 0.29) is 36.1 Å². The molecule has 8 rings (SSSR count). The van der Waals surface area contributed by atoms with Crippen molar-refractivity contribution >= 4 is 16.7 Å². The first-order chi connectivity index (χ1) is 21.4. The number of aromatic hydroxyl groups is 1. The lowest BCUT2D eigenvalue weighted by Crippen LogP contribution is -2.61. The van der Waals surface area contributed by atoms with Crippen molar-refractivity contribution in [2.45, 2.75) is 62.1 Å². The molecule has 2 unspecified atom stereocenters. The molecule has 7 heterocycles. The number of hydrogen-bond donors (Lipinski definition) is 2. The number of aromatic nitrogens is 3. The fraction of sp³-hybridized carbons (Fsp3) is 0.536. The van der Waals surface area contributed by atoms with Gasteiger partial charge >= 0.3 is 12.2 Å². The van der Waals surface area contributed by atoms with Gasteiger partial charge in [-0.3, -0.25) is 9.88 Å². The van der Waals surface area contributed by atoms with Crippen molar-refractivity contribution in [1.29, 1.82) is 0 Å². The van der Waals surface area contributed by atoms with E-state index in [1.165, 1.54) is 0 Å². The van der Waals surface area contributed by atoms with Crippen LogP contribution in [0.15, 0.2) is 24.4 Å². The van der Waals surface area contributed by atoms with E-state index in [1.54, 1.807) is 0 Å². The Hall–Kier alpha value is -3.32. The van der Waals surface area contributed by atoms with E-state index >= 15 is 8.78 Å². The minimum atomic E-state index is -4.92. The predicted molar refractivity (Wildman–Crippen MR) is 140 cm³/mol. The molecule has 2 N–H and O–H groups in total. The van der Waals surface area contributed by atoms with Crippen LogP contribution in [0.3, 0.4) is 0 Å². The van der Waals surface area contributed by atoms with Gasteiger partial charge in [-0.1, -0.05) is 0 Å². The molecule has 8 nitrogen and oxygen atoms in total. The molecule has 13 heteroatoms. The van der Waals surface area contributed by atoms with E-state index < -0.39 is 83.8 Å². The van der Waals surface area contributed by atoms with Gasteiger partial charge in [0, 0.05) is 52.6 Å². The Morgan fingerprint density at radius 1 is 1.27 bits per heavy atom. The first-order valence-electron chi connectivity index (χ1n) is 15.8. The molecule has 5 saturated heterocycles. The quantitative estimate of drug-likeness (QED) is 0.428. The molecule has 5 aliphatic heterocycles. The lowest BCUT2D eigenvalue weighted by molar-refractivity contribution is -0.137. The number of phenols is 1. The molecular formula is C28H29F5N6O2. The normalized spacial score (nSPS) is 33.2. The first kappa shape index (κ1) is 21.4. The molecule has 4 atom stereocenters. The lowest BCUT2D eigenvalue weighted by atomic mass is 9.93. The highest BCUT2D eigenvalue weighted by atomic mass is 19.4. The van der Waals surface area contributed by atoms with Crippen LogP contribution in [0, 0.1) is 5.82 Å². The Morgan fingerprint density at radius 3 is 2.85 bits per heavy atom. The second-order valence-electron chi connectivity index (χ2n) is 10.9. The summed E-state index contributed by atoms with van der Waals surface area (Å²) in [6, 6.07) is 1.41. The van der Waals surface area contributed by atoms with Gasteiger partial charge in [0.2, 0.25) is 0 Å². The van der Waals surface area contributed by atoms with E-state index in [1.807, 2.05) is 4.90 Å². The summed E-state index contributed by atoms with van der Waals surface area (Å²) < 4.78 is 121. The van der Waals surface area contributed by atoms with Crippen LogP contribution >= 0.6 is 0 Å². The molecule has 0 aliphatic carbocycles. The van der Waals surface area contributed by atoms with E-state index in [9.17, 15) is 18.3 Å². The van der Waals surface area contributed by atoms with E-state index in [0.717, 1.165) is 36.1 Å². The molecule has 218 valence electrons. The van der Waals surface area contributed by atoms with Crippen molar-refractivity contribution in [1.82, 2.24) is 25.2 Å². The van der Waals surface area contributed by atoms with Crippen molar-refractivity contribution < 1.29 is 38.6 Å². The standard InChI is InChI=1S/C28H29F5N6O2/c29-15-9-27(6-1-7-38(27)12-15)14-41-26-36-24-20(25(37-26)39-13-16-2-3-17(39)10-34-16)11-35-23(22(24)30)19-8-18(40)4-5-21(19)28(31,32)33/h4-5,8,11,15-17,34,40H,1-3,6-7,9-10,12-14H2/t15-,16?,17?,27+/m1/s1/i7D2,14D2,15D. The molecule has 41 heavy (non-hydrogen) atoms. The number of hydrogen-bond acceptors (Lipinski definition) is 8. The van der Waals surface area contributed by atoms with E-state index in [2.05, 4.69) is 20.3 Å². The minimum absolute atomic E-state index is 0.0298. The van der Waals surface area contributed by atoms with Crippen molar-refractivity contribution in [3.63, 3.8) is 0 Å². The van der Waals surface area contributed by atoms with Crippen LogP contribution in [0.2, 0.25) is 0 Å². The van der Waals surface area contributed by atoms with Gasteiger partial charge in [0.05, 0.1) is 20.6 Å². The Kier molecular flexibility index (Phi) is 5.02. The zero-order valence-corrected chi connectivity index (χ0v) is 21.6. The van der Waals surface area contributed by atoms with Gasteiger partial charge in [0.1, 0.15) is 35.5 Å². The highest BCUT2D eigenvalue weighted by Gasteiger charge is 2.49. The summed E-state index contributed by atoms with van der Waals surface area (Å²) in [5.74, 6) is -1.74. The Balaban J connectivity index is 1.39. The maximum absolute atomic E-state index is 16.4.